The molecular formula is C18H22N6O3. The van der Waals surface area contributed by atoms with Gasteiger partial charge in [0.25, 0.3) is 5.91 Å². The fourth-order valence-electron chi connectivity index (χ4n) is 3.50. The number of rotatable bonds is 8. The highest BCUT2D eigenvalue weighted by molar-refractivity contribution is 6.06. The van der Waals surface area contributed by atoms with Gasteiger partial charge in [0.05, 0.1) is 0 Å². The predicted octanol–water partition coefficient (Wildman–Crippen LogP) is 2.34. The van der Waals surface area contributed by atoms with Gasteiger partial charge in [0.2, 0.25) is 11.8 Å². The first-order chi connectivity index (χ1) is 13.1. The molecule has 1 aromatic rings. The van der Waals surface area contributed by atoms with Crippen LogP contribution in [0.5, 0.6) is 0 Å². The van der Waals surface area contributed by atoms with E-state index in [9.17, 15) is 14.4 Å². The number of fused-ring (bicyclic) bond motifs is 1. The standard InChI is InChI=1S/C18H22N6O3/c19-23-21-10-3-1-2-9-20-14-6-4-5-12-13(14)11-24(18(12)27)15-7-8-16(25)22-17(15)26/h4-6,15,20H,1-3,7-11H2,(H,22,25,26). The van der Waals surface area contributed by atoms with Gasteiger partial charge in [0.15, 0.2) is 0 Å². The van der Waals surface area contributed by atoms with Crippen LogP contribution in [0.15, 0.2) is 23.3 Å². The first-order valence-corrected chi connectivity index (χ1v) is 9.13. The molecule has 1 fully saturated rings. The zero-order valence-electron chi connectivity index (χ0n) is 15.0. The van der Waals surface area contributed by atoms with Gasteiger partial charge in [-0.05, 0) is 36.9 Å². The van der Waals surface area contributed by atoms with Crippen molar-refractivity contribution in [3.8, 4) is 0 Å². The van der Waals surface area contributed by atoms with Gasteiger partial charge in [-0.25, -0.2) is 0 Å². The predicted molar refractivity (Wildman–Crippen MR) is 98.8 cm³/mol. The van der Waals surface area contributed by atoms with Crippen molar-refractivity contribution in [2.24, 2.45) is 5.11 Å². The molecule has 142 valence electrons. The zero-order valence-corrected chi connectivity index (χ0v) is 15.0. The second-order valence-electron chi connectivity index (χ2n) is 6.67. The number of amides is 3. The second kappa shape index (κ2) is 8.55. The minimum Gasteiger partial charge on any atom is -0.385 e. The molecule has 0 bridgehead atoms. The molecule has 1 aromatic carbocycles. The van der Waals surface area contributed by atoms with E-state index in [1.807, 2.05) is 12.1 Å². The highest BCUT2D eigenvalue weighted by Gasteiger charge is 2.39. The van der Waals surface area contributed by atoms with Crippen molar-refractivity contribution in [3.05, 3.63) is 39.8 Å². The molecule has 1 atom stereocenters. The Hall–Kier alpha value is -3.06. The number of carbonyl (C=O) groups excluding carboxylic acids is 3. The van der Waals surface area contributed by atoms with Gasteiger partial charge < -0.3 is 10.2 Å². The Morgan fingerprint density at radius 3 is 2.89 bits per heavy atom. The molecule has 0 saturated carbocycles. The summed E-state index contributed by atoms with van der Waals surface area (Å²) in [4.78, 5) is 40.5. The van der Waals surface area contributed by atoms with Gasteiger partial charge in [0.1, 0.15) is 6.04 Å². The first kappa shape index (κ1) is 18.7. The number of carbonyl (C=O) groups is 3. The summed E-state index contributed by atoms with van der Waals surface area (Å²) in [5, 5.41) is 9.19. The molecular weight excluding hydrogens is 348 g/mol. The summed E-state index contributed by atoms with van der Waals surface area (Å²) < 4.78 is 0. The van der Waals surface area contributed by atoms with Crippen LogP contribution in [0.1, 0.15) is 48.0 Å². The van der Waals surface area contributed by atoms with E-state index in [2.05, 4.69) is 20.7 Å². The van der Waals surface area contributed by atoms with Gasteiger partial charge >= 0.3 is 0 Å². The van der Waals surface area contributed by atoms with E-state index in [1.165, 1.54) is 0 Å². The molecule has 0 aromatic heterocycles. The highest BCUT2D eigenvalue weighted by atomic mass is 16.2. The lowest BCUT2D eigenvalue weighted by atomic mass is 10.0. The molecule has 1 saturated heterocycles. The molecule has 0 radical (unpaired) electrons. The van der Waals surface area contributed by atoms with Crippen LogP contribution in [0.3, 0.4) is 0 Å². The lowest BCUT2D eigenvalue weighted by Crippen LogP contribution is -2.52. The summed E-state index contributed by atoms with van der Waals surface area (Å²) >= 11 is 0. The van der Waals surface area contributed by atoms with Crippen LogP contribution in [0.4, 0.5) is 5.69 Å². The van der Waals surface area contributed by atoms with Crippen molar-refractivity contribution in [2.45, 2.75) is 44.7 Å². The Labute approximate surface area is 156 Å². The minimum absolute atomic E-state index is 0.169. The molecule has 2 heterocycles. The third-order valence-electron chi connectivity index (χ3n) is 4.90. The minimum atomic E-state index is -0.601. The molecule has 9 nitrogen and oxygen atoms in total. The van der Waals surface area contributed by atoms with Crippen molar-refractivity contribution < 1.29 is 14.4 Å². The van der Waals surface area contributed by atoms with Crippen LogP contribution in [0.2, 0.25) is 0 Å². The number of hydrogen-bond donors (Lipinski definition) is 2. The van der Waals surface area contributed by atoms with Crippen molar-refractivity contribution >= 4 is 23.4 Å². The topological polar surface area (TPSA) is 127 Å². The molecule has 2 aliphatic rings. The molecule has 2 N–H and O–H groups in total. The van der Waals surface area contributed by atoms with Gasteiger partial charge in [0, 0.05) is 47.8 Å². The van der Waals surface area contributed by atoms with Crippen molar-refractivity contribution in [1.82, 2.24) is 10.2 Å². The number of hydrogen-bond acceptors (Lipinski definition) is 5. The lowest BCUT2D eigenvalue weighted by Gasteiger charge is -2.29. The Morgan fingerprint density at radius 1 is 1.26 bits per heavy atom. The Bertz CT molecular complexity index is 802. The SMILES string of the molecule is [N-]=[N+]=NCCCCCNc1cccc2c1CN(C1CCC(=O)NC1=O)C2=O. The number of piperidine rings is 1. The third kappa shape index (κ3) is 4.20. The van der Waals surface area contributed by atoms with Gasteiger partial charge in [-0.1, -0.05) is 17.6 Å². The average Bonchev–Trinajstić information content (AvgIpc) is 2.98. The fraction of sp³-hybridized carbons (Fsp3) is 0.500. The monoisotopic (exact) mass is 370 g/mol. The van der Waals surface area contributed by atoms with E-state index in [0.29, 0.717) is 25.1 Å². The fourth-order valence-corrected chi connectivity index (χ4v) is 3.50. The first-order valence-electron chi connectivity index (χ1n) is 9.13. The lowest BCUT2D eigenvalue weighted by molar-refractivity contribution is -0.136. The second-order valence-corrected chi connectivity index (χ2v) is 6.67. The van der Waals surface area contributed by atoms with Crippen LogP contribution in [-0.2, 0) is 16.1 Å². The molecule has 3 amide bonds. The molecule has 9 heteroatoms. The van der Waals surface area contributed by atoms with Crippen molar-refractivity contribution in [3.63, 3.8) is 0 Å². The van der Waals surface area contributed by atoms with E-state index in [4.69, 9.17) is 5.53 Å². The third-order valence-corrected chi connectivity index (χ3v) is 4.90. The van der Waals surface area contributed by atoms with E-state index < -0.39 is 11.9 Å². The molecule has 1 unspecified atom stereocenters. The van der Waals surface area contributed by atoms with E-state index in [1.54, 1.807) is 11.0 Å². The normalized spacial score (nSPS) is 18.7. The summed E-state index contributed by atoms with van der Waals surface area (Å²) in [6.45, 7) is 1.62. The summed E-state index contributed by atoms with van der Waals surface area (Å²) in [7, 11) is 0. The van der Waals surface area contributed by atoms with E-state index in [-0.39, 0.29) is 18.2 Å². The number of nitrogens with zero attached hydrogens (tertiary/aromatic N) is 4. The Morgan fingerprint density at radius 2 is 2.11 bits per heavy atom. The summed E-state index contributed by atoms with van der Waals surface area (Å²) in [6, 6.07) is 4.93. The van der Waals surface area contributed by atoms with Gasteiger partial charge in [-0.2, -0.15) is 0 Å². The van der Waals surface area contributed by atoms with Crippen LogP contribution in [0.25, 0.3) is 10.4 Å². The Balaban J connectivity index is 1.61. The molecule has 0 spiro atoms. The number of imide groups is 1. The van der Waals surface area contributed by atoms with Crippen LogP contribution < -0.4 is 10.6 Å². The Kier molecular flexibility index (Phi) is 5.93. The summed E-state index contributed by atoms with van der Waals surface area (Å²) in [5.41, 5.74) is 10.6. The summed E-state index contributed by atoms with van der Waals surface area (Å²) in [5.74, 6) is -0.859. The van der Waals surface area contributed by atoms with Gasteiger partial charge in [-0.15, -0.1) is 0 Å². The number of anilines is 1. The largest absolute Gasteiger partial charge is 0.385 e. The number of benzene rings is 1. The van der Waals surface area contributed by atoms with Crippen LogP contribution in [0, 0.1) is 0 Å². The number of azide groups is 1. The maximum absolute atomic E-state index is 12.7. The smallest absolute Gasteiger partial charge is 0.255 e. The molecule has 3 rings (SSSR count). The van der Waals surface area contributed by atoms with E-state index in [0.717, 1.165) is 37.1 Å². The maximum atomic E-state index is 12.7. The van der Waals surface area contributed by atoms with Gasteiger partial charge in [-0.3, -0.25) is 19.7 Å². The number of nitrogens with one attached hydrogen (secondary N) is 2. The van der Waals surface area contributed by atoms with E-state index >= 15 is 0 Å². The van der Waals surface area contributed by atoms with Crippen LogP contribution in [-0.4, -0.2) is 41.8 Å². The number of unbranched alkanes of at least 4 members (excludes halogenated alkanes) is 2. The highest BCUT2D eigenvalue weighted by Crippen LogP contribution is 2.32. The van der Waals surface area contributed by atoms with Crippen molar-refractivity contribution in [2.75, 3.05) is 18.4 Å². The zero-order chi connectivity index (χ0) is 19.2. The van der Waals surface area contributed by atoms with Crippen LogP contribution >= 0.6 is 0 Å². The molecule has 27 heavy (non-hydrogen) atoms. The maximum Gasteiger partial charge on any atom is 0.255 e. The molecule has 0 aliphatic carbocycles. The molecule has 2 aliphatic heterocycles. The van der Waals surface area contributed by atoms with Crippen molar-refractivity contribution in [1.29, 1.82) is 0 Å². The quantitative estimate of drug-likeness (QED) is 0.239. The average molecular weight is 370 g/mol. The summed E-state index contributed by atoms with van der Waals surface area (Å²) in [6.07, 6.45) is 3.33.